The van der Waals surface area contributed by atoms with E-state index in [0.29, 0.717) is 34.2 Å². The van der Waals surface area contributed by atoms with Crippen molar-refractivity contribution in [1.29, 1.82) is 0 Å². The third-order valence-electron chi connectivity index (χ3n) is 4.96. The highest BCUT2D eigenvalue weighted by molar-refractivity contribution is 6.53. The Morgan fingerprint density at radius 1 is 0.941 bits per heavy atom. The molecule has 1 aliphatic rings. The Hall–Kier alpha value is -4.17. The maximum atomic E-state index is 14.1. The number of carbonyl (C=O) groups is 3. The first-order valence-corrected chi connectivity index (χ1v) is 10.7. The van der Waals surface area contributed by atoms with Crippen molar-refractivity contribution in [2.75, 3.05) is 22.1 Å². The Balaban J connectivity index is 1.45. The number of rotatable bonds is 7. The van der Waals surface area contributed by atoms with Crippen molar-refractivity contribution < 1.29 is 23.5 Å². The minimum Gasteiger partial charge on any atom is -0.494 e. The Morgan fingerprint density at radius 3 is 2.24 bits per heavy atom. The largest absolute Gasteiger partial charge is 0.494 e. The van der Waals surface area contributed by atoms with Gasteiger partial charge in [0, 0.05) is 16.9 Å². The van der Waals surface area contributed by atoms with E-state index in [-0.39, 0.29) is 22.3 Å². The molecule has 0 spiro atoms. The predicted octanol–water partition coefficient (Wildman–Crippen LogP) is 4.91. The van der Waals surface area contributed by atoms with Crippen LogP contribution in [-0.4, -0.2) is 24.3 Å². The maximum absolute atomic E-state index is 14.1. The van der Waals surface area contributed by atoms with Gasteiger partial charge in [0.1, 0.15) is 22.3 Å². The summed E-state index contributed by atoms with van der Waals surface area (Å²) in [7, 11) is 0. The second kappa shape index (κ2) is 9.76. The first kappa shape index (κ1) is 23.0. The monoisotopic (exact) mass is 479 g/mol. The van der Waals surface area contributed by atoms with E-state index in [4.69, 9.17) is 16.3 Å². The topological polar surface area (TPSA) is 87.7 Å². The number of para-hydroxylation sites is 1. The fourth-order valence-electron chi connectivity index (χ4n) is 3.32. The van der Waals surface area contributed by atoms with E-state index in [1.54, 1.807) is 48.5 Å². The van der Waals surface area contributed by atoms with Gasteiger partial charge in [-0.25, -0.2) is 9.29 Å². The predicted molar refractivity (Wildman–Crippen MR) is 127 cm³/mol. The van der Waals surface area contributed by atoms with Gasteiger partial charge in [-0.15, -0.1) is 0 Å². The summed E-state index contributed by atoms with van der Waals surface area (Å²) in [4.78, 5) is 38.5. The van der Waals surface area contributed by atoms with Crippen molar-refractivity contribution in [3.05, 3.63) is 94.9 Å². The first-order chi connectivity index (χ1) is 16.4. The second-order valence-electron chi connectivity index (χ2n) is 7.20. The van der Waals surface area contributed by atoms with Gasteiger partial charge >= 0.3 is 0 Å². The Morgan fingerprint density at radius 2 is 1.59 bits per heavy atom. The normalized spacial score (nSPS) is 13.3. The molecular formula is C25H19ClFN3O4. The molecule has 3 aromatic carbocycles. The Labute approximate surface area is 199 Å². The molecule has 1 aliphatic heterocycles. The van der Waals surface area contributed by atoms with Gasteiger partial charge in [-0.3, -0.25) is 14.4 Å². The molecule has 0 saturated carbocycles. The van der Waals surface area contributed by atoms with E-state index in [1.807, 2.05) is 6.92 Å². The van der Waals surface area contributed by atoms with Crippen LogP contribution < -0.4 is 20.3 Å². The van der Waals surface area contributed by atoms with Gasteiger partial charge in [0.25, 0.3) is 17.7 Å². The van der Waals surface area contributed by atoms with Crippen molar-refractivity contribution in [2.24, 2.45) is 0 Å². The van der Waals surface area contributed by atoms with Gasteiger partial charge in [0.2, 0.25) is 0 Å². The zero-order valence-electron chi connectivity index (χ0n) is 18.0. The molecule has 1 heterocycles. The lowest BCUT2D eigenvalue weighted by Crippen LogP contribution is -2.33. The van der Waals surface area contributed by atoms with Crippen LogP contribution in [0.5, 0.6) is 5.75 Å². The molecule has 3 aromatic rings. The minimum absolute atomic E-state index is 0.179. The van der Waals surface area contributed by atoms with E-state index < -0.39 is 17.6 Å². The van der Waals surface area contributed by atoms with Crippen molar-refractivity contribution >= 4 is 46.4 Å². The third-order valence-corrected chi connectivity index (χ3v) is 5.31. The van der Waals surface area contributed by atoms with Crippen LogP contribution in [0.2, 0.25) is 0 Å². The molecule has 0 aromatic heterocycles. The van der Waals surface area contributed by atoms with Crippen LogP contribution in [0, 0.1) is 5.82 Å². The number of nitrogens with zero attached hydrogens (tertiary/aromatic N) is 1. The van der Waals surface area contributed by atoms with Crippen LogP contribution in [0.1, 0.15) is 17.3 Å². The van der Waals surface area contributed by atoms with Crippen molar-refractivity contribution in [2.45, 2.75) is 6.92 Å². The van der Waals surface area contributed by atoms with Gasteiger partial charge in [-0.05, 0) is 67.6 Å². The number of benzene rings is 3. The van der Waals surface area contributed by atoms with Crippen LogP contribution in [0.25, 0.3) is 0 Å². The van der Waals surface area contributed by atoms with E-state index in [0.717, 1.165) is 6.07 Å². The molecule has 0 bridgehead atoms. The van der Waals surface area contributed by atoms with Crippen molar-refractivity contribution in [3.8, 4) is 5.75 Å². The van der Waals surface area contributed by atoms with E-state index in [9.17, 15) is 18.8 Å². The summed E-state index contributed by atoms with van der Waals surface area (Å²) in [5, 5.41) is 5.22. The number of anilines is 3. The number of amides is 3. The zero-order chi connectivity index (χ0) is 24.2. The third kappa shape index (κ3) is 4.62. The summed E-state index contributed by atoms with van der Waals surface area (Å²) in [6, 6.07) is 18.6. The molecule has 172 valence electrons. The lowest BCUT2D eigenvalue weighted by molar-refractivity contribution is -0.120. The Bertz CT molecular complexity index is 1290. The van der Waals surface area contributed by atoms with Gasteiger partial charge in [-0.1, -0.05) is 23.7 Å². The maximum Gasteiger partial charge on any atom is 0.283 e. The van der Waals surface area contributed by atoms with Crippen LogP contribution >= 0.6 is 11.6 Å². The molecule has 0 saturated heterocycles. The number of halogens is 2. The van der Waals surface area contributed by atoms with Crippen LogP contribution in [0.4, 0.5) is 21.5 Å². The van der Waals surface area contributed by atoms with Crippen LogP contribution in [-0.2, 0) is 9.59 Å². The number of carbonyl (C=O) groups excluding carboxylic acids is 3. The van der Waals surface area contributed by atoms with Gasteiger partial charge in [0.15, 0.2) is 0 Å². The molecular weight excluding hydrogens is 461 g/mol. The van der Waals surface area contributed by atoms with E-state index in [2.05, 4.69) is 10.6 Å². The summed E-state index contributed by atoms with van der Waals surface area (Å²) in [6.07, 6.45) is 0. The summed E-state index contributed by atoms with van der Waals surface area (Å²) >= 11 is 6.08. The van der Waals surface area contributed by atoms with E-state index >= 15 is 0 Å². The molecule has 0 radical (unpaired) electrons. The fraction of sp³-hybridized carbons (Fsp3) is 0.0800. The van der Waals surface area contributed by atoms with Gasteiger partial charge in [0.05, 0.1) is 12.3 Å². The highest BCUT2D eigenvalue weighted by Crippen LogP contribution is 2.31. The molecule has 0 fully saturated rings. The fourth-order valence-corrected chi connectivity index (χ4v) is 3.53. The van der Waals surface area contributed by atoms with Crippen LogP contribution in [0.15, 0.2) is 83.5 Å². The standard InChI is InChI=1S/C25H19ClFN3O4/c1-2-34-18-13-11-17(12-14-18)29-23(31)15-7-9-16(10-8-15)28-22-21(26)24(32)30(25(22)33)20-6-4-3-5-19(20)27/h3-14,28H,2H2,1H3,(H,29,31). The van der Waals surface area contributed by atoms with Gasteiger partial charge < -0.3 is 15.4 Å². The molecule has 0 atom stereocenters. The molecule has 9 heteroatoms. The number of hydrogen-bond acceptors (Lipinski definition) is 5. The number of nitrogens with one attached hydrogen (secondary N) is 2. The lowest BCUT2D eigenvalue weighted by Gasteiger charge is -2.15. The lowest BCUT2D eigenvalue weighted by atomic mass is 10.2. The minimum atomic E-state index is -0.828. The van der Waals surface area contributed by atoms with E-state index in [1.165, 1.54) is 18.2 Å². The van der Waals surface area contributed by atoms with Crippen molar-refractivity contribution in [1.82, 2.24) is 0 Å². The molecule has 0 aliphatic carbocycles. The molecule has 34 heavy (non-hydrogen) atoms. The van der Waals surface area contributed by atoms with Crippen LogP contribution in [0.3, 0.4) is 0 Å². The van der Waals surface area contributed by atoms with Crippen molar-refractivity contribution in [3.63, 3.8) is 0 Å². The average Bonchev–Trinajstić information content (AvgIpc) is 3.04. The summed E-state index contributed by atoms with van der Waals surface area (Å²) < 4.78 is 19.5. The summed E-state index contributed by atoms with van der Waals surface area (Å²) in [6.45, 7) is 2.44. The smallest absolute Gasteiger partial charge is 0.283 e. The molecule has 4 rings (SSSR count). The molecule has 7 nitrogen and oxygen atoms in total. The molecule has 3 amide bonds. The highest BCUT2D eigenvalue weighted by Gasteiger charge is 2.40. The molecule has 2 N–H and O–H groups in total. The summed E-state index contributed by atoms with van der Waals surface area (Å²) in [5.41, 5.74) is 1.04. The van der Waals surface area contributed by atoms with Gasteiger partial charge in [-0.2, -0.15) is 0 Å². The Kier molecular flexibility index (Phi) is 6.60. The second-order valence-corrected chi connectivity index (χ2v) is 7.58. The average molecular weight is 480 g/mol. The zero-order valence-corrected chi connectivity index (χ0v) is 18.7. The quantitative estimate of drug-likeness (QED) is 0.470. The number of hydrogen-bond donors (Lipinski definition) is 2. The summed E-state index contributed by atoms with van der Waals surface area (Å²) in [5.74, 6) is -1.95. The first-order valence-electron chi connectivity index (χ1n) is 10.3. The molecule has 0 unspecified atom stereocenters. The highest BCUT2D eigenvalue weighted by atomic mass is 35.5. The number of imide groups is 1. The number of ether oxygens (including phenoxy) is 1. The SMILES string of the molecule is CCOc1ccc(NC(=O)c2ccc(NC3=C(Cl)C(=O)N(c4ccccc4F)C3=O)cc2)cc1.